The largest absolute Gasteiger partial charge is 0.342 e. The van der Waals surface area contributed by atoms with Gasteiger partial charge in [-0.2, -0.15) is 0 Å². The monoisotopic (exact) mass is 391 g/mol. The van der Waals surface area contributed by atoms with Gasteiger partial charge >= 0.3 is 0 Å². The molecule has 26 heavy (non-hydrogen) atoms. The van der Waals surface area contributed by atoms with Crippen molar-refractivity contribution >= 4 is 39.2 Å². The normalized spacial score (nSPS) is 18.3. The van der Waals surface area contributed by atoms with Gasteiger partial charge in [0.2, 0.25) is 5.91 Å². The summed E-state index contributed by atoms with van der Waals surface area (Å²) in [6.07, 6.45) is 6.64. The Labute approximate surface area is 161 Å². The predicted molar refractivity (Wildman–Crippen MR) is 108 cm³/mol. The van der Waals surface area contributed by atoms with Crippen molar-refractivity contribution in [2.75, 3.05) is 18.8 Å². The van der Waals surface area contributed by atoms with Crippen molar-refractivity contribution in [1.82, 2.24) is 14.9 Å². The molecule has 2 aliphatic rings. The SMILES string of the molecule is CC1CCN(C(=O)CSCc2nc3sc4c(c3c(=O)[nH]2)CCCC4)CC1. The van der Waals surface area contributed by atoms with E-state index < -0.39 is 0 Å². The minimum absolute atomic E-state index is 0.0126. The van der Waals surface area contributed by atoms with Gasteiger partial charge in [-0.05, 0) is 50.0 Å². The number of hydrogen-bond acceptors (Lipinski definition) is 5. The van der Waals surface area contributed by atoms with Crippen LogP contribution in [0.3, 0.4) is 0 Å². The molecular weight excluding hydrogens is 366 g/mol. The molecule has 1 saturated heterocycles. The summed E-state index contributed by atoms with van der Waals surface area (Å²) in [4.78, 5) is 36.7. The smallest absolute Gasteiger partial charge is 0.259 e. The molecule has 2 aromatic heterocycles. The van der Waals surface area contributed by atoms with Gasteiger partial charge in [0.1, 0.15) is 10.7 Å². The van der Waals surface area contributed by atoms with Gasteiger partial charge in [-0.1, -0.05) is 6.92 Å². The molecule has 0 unspecified atom stereocenters. The van der Waals surface area contributed by atoms with Gasteiger partial charge in [-0.15, -0.1) is 23.1 Å². The Morgan fingerprint density at radius 1 is 1.31 bits per heavy atom. The van der Waals surface area contributed by atoms with Gasteiger partial charge in [-0.3, -0.25) is 9.59 Å². The Hall–Kier alpha value is -1.34. The molecular formula is C19H25N3O2S2. The van der Waals surface area contributed by atoms with Crippen LogP contribution < -0.4 is 5.56 Å². The molecule has 4 rings (SSSR count). The third kappa shape index (κ3) is 3.69. The van der Waals surface area contributed by atoms with E-state index in [9.17, 15) is 9.59 Å². The second kappa shape index (κ2) is 7.72. The lowest BCUT2D eigenvalue weighted by molar-refractivity contribution is -0.129. The Bertz CT molecular complexity index is 866. The zero-order valence-electron chi connectivity index (χ0n) is 15.2. The number of hydrogen-bond donors (Lipinski definition) is 1. The summed E-state index contributed by atoms with van der Waals surface area (Å²) in [7, 11) is 0. The maximum Gasteiger partial charge on any atom is 0.259 e. The number of piperidine rings is 1. The first-order valence-electron chi connectivity index (χ1n) is 9.51. The second-order valence-electron chi connectivity index (χ2n) is 7.46. The van der Waals surface area contributed by atoms with E-state index in [4.69, 9.17) is 0 Å². The molecule has 1 N–H and O–H groups in total. The summed E-state index contributed by atoms with van der Waals surface area (Å²) in [6, 6.07) is 0. The molecule has 1 amide bonds. The van der Waals surface area contributed by atoms with E-state index in [-0.39, 0.29) is 11.5 Å². The van der Waals surface area contributed by atoms with Crippen molar-refractivity contribution in [2.45, 2.75) is 51.2 Å². The number of aromatic amines is 1. The van der Waals surface area contributed by atoms with Crippen LogP contribution >= 0.6 is 23.1 Å². The van der Waals surface area contributed by atoms with Gasteiger partial charge in [0.25, 0.3) is 5.56 Å². The van der Waals surface area contributed by atoms with Crippen LogP contribution in [0, 0.1) is 5.92 Å². The number of H-pyrrole nitrogens is 1. The van der Waals surface area contributed by atoms with Crippen molar-refractivity contribution in [3.05, 3.63) is 26.6 Å². The number of aromatic nitrogens is 2. The summed E-state index contributed by atoms with van der Waals surface area (Å²) in [5.74, 6) is 2.65. The van der Waals surface area contributed by atoms with E-state index in [0.717, 1.165) is 61.3 Å². The number of thioether (sulfide) groups is 1. The zero-order chi connectivity index (χ0) is 18.1. The van der Waals surface area contributed by atoms with Gasteiger partial charge in [0.05, 0.1) is 16.9 Å². The number of likely N-dealkylation sites (tertiary alicyclic amines) is 1. The molecule has 0 saturated carbocycles. The van der Waals surface area contributed by atoms with E-state index in [1.54, 1.807) is 23.1 Å². The highest BCUT2D eigenvalue weighted by molar-refractivity contribution is 7.99. The van der Waals surface area contributed by atoms with Crippen molar-refractivity contribution < 1.29 is 4.79 Å². The van der Waals surface area contributed by atoms with E-state index in [1.807, 2.05) is 4.90 Å². The number of rotatable bonds is 4. The van der Waals surface area contributed by atoms with E-state index in [1.165, 1.54) is 16.9 Å². The molecule has 0 radical (unpaired) electrons. The van der Waals surface area contributed by atoms with E-state index >= 15 is 0 Å². The van der Waals surface area contributed by atoms with Crippen LogP contribution in [0.2, 0.25) is 0 Å². The van der Waals surface area contributed by atoms with Crippen LogP contribution in [0.25, 0.3) is 10.2 Å². The summed E-state index contributed by atoms with van der Waals surface area (Å²) in [6.45, 7) is 4.00. The third-order valence-electron chi connectivity index (χ3n) is 5.47. The first-order valence-corrected chi connectivity index (χ1v) is 11.5. The molecule has 1 aliphatic heterocycles. The lowest BCUT2D eigenvalue weighted by atomic mass is 9.97. The molecule has 2 aromatic rings. The summed E-state index contributed by atoms with van der Waals surface area (Å²) in [5, 5.41) is 0.803. The molecule has 140 valence electrons. The van der Waals surface area contributed by atoms with E-state index in [0.29, 0.717) is 17.3 Å². The molecule has 0 spiro atoms. The van der Waals surface area contributed by atoms with Crippen molar-refractivity contribution in [3.63, 3.8) is 0 Å². The highest BCUT2D eigenvalue weighted by Crippen LogP contribution is 2.33. The highest BCUT2D eigenvalue weighted by atomic mass is 32.2. The minimum atomic E-state index is -0.0126. The van der Waals surface area contributed by atoms with Gasteiger partial charge < -0.3 is 9.88 Å². The molecule has 0 aromatic carbocycles. The number of amides is 1. The standard InChI is InChI=1S/C19H25N3O2S2/c1-12-6-8-22(9-7-12)16(23)11-25-10-15-20-18(24)17-13-4-2-3-5-14(13)26-19(17)21-15/h12H,2-11H2,1H3,(H,20,21,24). The number of thiophene rings is 1. The zero-order valence-corrected chi connectivity index (χ0v) is 16.8. The number of carbonyl (C=O) groups excluding carboxylic acids is 1. The van der Waals surface area contributed by atoms with Crippen LogP contribution in [0.5, 0.6) is 0 Å². The molecule has 3 heterocycles. The number of carbonyl (C=O) groups is 1. The Kier molecular flexibility index (Phi) is 5.36. The molecule has 1 fully saturated rings. The van der Waals surface area contributed by atoms with Crippen LogP contribution in [0.4, 0.5) is 0 Å². The van der Waals surface area contributed by atoms with E-state index in [2.05, 4.69) is 16.9 Å². The van der Waals surface area contributed by atoms with Crippen LogP contribution in [-0.2, 0) is 23.4 Å². The number of nitrogens with one attached hydrogen (secondary N) is 1. The van der Waals surface area contributed by atoms with Crippen molar-refractivity contribution in [2.24, 2.45) is 5.92 Å². The van der Waals surface area contributed by atoms with Crippen molar-refractivity contribution in [1.29, 1.82) is 0 Å². The lowest BCUT2D eigenvalue weighted by Gasteiger charge is -2.30. The highest BCUT2D eigenvalue weighted by Gasteiger charge is 2.21. The van der Waals surface area contributed by atoms with Gasteiger partial charge in [-0.25, -0.2) is 4.98 Å². The Morgan fingerprint density at radius 3 is 2.88 bits per heavy atom. The Balaban J connectivity index is 1.40. The van der Waals surface area contributed by atoms with Crippen LogP contribution in [-0.4, -0.2) is 39.6 Å². The fourth-order valence-corrected chi connectivity index (χ4v) is 5.93. The number of nitrogens with zero attached hydrogens (tertiary/aromatic N) is 2. The molecule has 0 atom stereocenters. The fourth-order valence-electron chi connectivity index (χ4n) is 3.86. The fraction of sp³-hybridized carbons (Fsp3) is 0.632. The summed E-state index contributed by atoms with van der Waals surface area (Å²) in [5.41, 5.74) is 1.21. The first-order chi connectivity index (χ1) is 12.6. The average Bonchev–Trinajstić information content (AvgIpc) is 3.01. The molecule has 1 aliphatic carbocycles. The predicted octanol–water partition coefficient (Wildman–Crippen LogP) is 3.36. The second-order valence-corrected chi connectivity index (χ2v) is 9.53. The van der Waals surface area contributed by atoms with Gasteiger partial charge in [0.15, 0.2) is 0 Å². The van der Waals surface area contributed by atoms with Crippen LogP contribution in [0.1, 0.15) is 48.9 Å². The summed E-state index contributed by atoms with van der Waals surface area (Å²) >= 11 is 3.22. The molecule has 5 nitrogen and oxygen atoms in total. The summed E-state index contributed by atoms with van der Waals surface area (Å²) < 4.78 is 0. The number of fused-ring (bicyclic) bond motifs is 3. The van der Waals surface area contributed by atoms with Crippen molar-refractivity contribution in [3.8, 4) is 0 Å². The minimum Gasteiger partial charge on any atom is -0.342 e. The van der Waals surface area contributed by atoms with Gasteiger partial charge in [0, 0.05) is 18.0 Å². The Morgan fingerprint density at radius 2 is 2.08 bits per heavy atom. The molecule has 0 bridgehead atoms. The third-order valence-corrected chi connectivity index (χ3v) is 7.59. The maximum absolute atomic E-state index is 12.5. The molecule has 7 heteroatoms. The maximum atomic E-state index is 12.5. The first kappa shape index (κ1) is 18.0. The lowest BCUT2D eigenvalue weighted by Crippen LogP contribution is -2.38. The van der Waals surface area contributed by atoms with Crippen LogP contribution in [0.15, 0.2) is 4.79 Å². The quantitative estimate of drug-likeness (QED) is 0.868. The topological polar surface area (TPSA) is 66.1 Å². The number of aryl methyl sites for hydroxylation is 2. The average molecular weight is 392 g/mol.